The number of pyridine rings is 2. The first-order chi connectivity index (χ1) is 16.2. The molecule has 1 atom stereocenters. The number of carbonyl (C=O) groups is 1. The summed E-state index contributed by atoms with van der Waals surface area (Å²) >= 11 is 1.73. The van der Waals surface area contributed by atoms with Crippen LogP contribution in [0.25, 0.3) is 17.0 Å². The topological polar surface area (TPSA) is 86.3 Å². The van der Waals surface area contributed by atoms with Crippen LogP contribution < -0.4 is 10.1 Å². The number of amides is 1. The van der Waals surface area contributed by atoms with Gasteiger partial charge in [0.25, 0.3) is 5.91 Å². The molecule has 1 amide bonds. The molecule has 0 spiro atoms. The van der Waals surface area contributed by atoms with Crippen molar-refractivity contribution in [2.24, 2.45) is 0 Å². The molecule has 4 heterocycles. The predicted octanol–water partition coefficient (Wildman–Crippen LogP) is 5.00. The van der Waals surface area contributed by atoms with Crippen LogP contribution in [0.3, 0.4) is 0 Å². The second-order valence-electron chi connectivity index (χ2n) is 8.97. The number of thioether (sulfide) groups is 1. The van der Waals surface area contributed by atoms with Gasteiger partial charge in [0, 0.05) is 29.8 Å². The number of hydrogen-bond acceptors (Lipinski definition) is 6. The number of fused-ring (bicyclic) bond motifs is 1. The van der Waals surface area contributed by atoms with Gasteiger partial charge in [0.15, 0.2) is 0 Å². The fourth-order valence-electron chi connectivity index (χ4n) is 3.68. The van der Waals surface area contributed by atoms with Crippen LogP contribution in [-0.4, -0.2) is 41.9 Å². The molecule has 178 valence electrons. The van der Waals surface area contributed by atoms with Crippen molar-refractivity contribution in [1.29, 1.82) is 0 Å². The first-order valence-corrected chi connectivity index (χ1v) is 12.1. The molecule has 0 saturated carbocycles. The maximum atomic E-state index is 13.1. The van der Waals surface area contributed by atoms with Crippen LogP contribution in [0.4, 0.5) is 0 Å². The molecule has 0 aromatic carbocycles. The van der Waals surface area contributed by atoms with Gasteiger partial charge < -0.3 is 10.1 Å². The third-order valence-electron chi connectivity index (χ3n) is 5.26. The van der Waals surface area contributed by atoms with Gasteiger partial charge in [-0.15, -0.1) is 11.8 Å². The average molecular weight is 479 g/mol. The summed E-state index contributed by atoms with van der Waals surface area (Å²) in [5, 5.41) is 7.74. The Labute approximate surface area is 203 Å². The van der Waals surface area contributed by atoms with E-state index in [-0.39, 0.29) is 16.7 Å². The third kappa shape index (κ3) is 4.94. The molecule has 0 aliphatic carbocycles. The first-order valence-electron chi connectivity index (χ1n) is 11.2. The van der Waals surface area contributed by atoms with E-state index in [1.807, 2.05) is 54.8 Å². The van der Waals surface area contributed by atoms with Gasteiger partial charge in [-0.2, -0.15) is 5.10 Å². The van der Waals surface area contributed by atoms with Crippen LogP contribution in [-0.2, 0) is 6.54 Å². The SMILES string of the molecule is CCn1nc(-c2cnc3cc(OC)c(SC(C)(C)C)cn23)cc1C(=O)N[C@H](C)c1ccccn1. The Bertz CT molecular complexity index is 1310. The molecule has 1 N–H and O–H groups in total. The fraction of sp³-hybridized carbons (Fsp3) is 0.360. The predicted molar refractivity (Wildman–Crippen MR) is 134 cm³/mol. The zero-order chi connectivity index (χ0) is 24.5. The van der Waals surface area contributed by atoms with Gasteiger partial charge in [0.05, 0.1) is 35.6 Å². The lowest BCUT2D eigenvalue weighted by Crippen LogP contribution is -2.29. The molecule has 0 radical (unpaired) electrons. The smallest absolute Gasteiger partial charge is 0.270 e. The normalized spacial score (nSPS) is 12.6. The van der Waals surface area contributed by atoms with Gasteiger partial charge in [-0.3, -0.25) is 18.9 Å². The number of hydrogen-bond donors (Lipinski definition) is 1. The standard InChI is InChI=1S/C25H30N6O2S/c1-7-31-19(24(32)28-16(2)17-10-8-9-11-26-17)12-18(29-31)20-14-27-23-13-21(33-6)22(15-30(20)23)34-25(3,4)5/h8-16H,7H2,1-6H3,(H,28,32)/t16-/m1/s1. The Morgan fingerprint density at radius 2 is 2.03 bits per heavy atom. The maximum Gasteiger partial charge on any atom is 0.270 e. The summed E-state index contributed by atoms with van der Waals surface area (Å²) in [4.78, 5) is 23.0. The molecule has 4 aromatic rings. The second kappa shape index (κ2) is 9.50. The van der Waals surface area contributed by atoms with Crippen molar-refractivity contribution in [2.75, 3.05) is 7.11 Å². The molecule has 4 aromatic heterocycles. The molecule has 4 rings (SSSR count). The molecule has 34 heavy (non-hydrogen) atoms. The van der Waals surface area contributed by atoms with E-state index < -0.39 is 0 Å². The molecule has 0 bridgehead atoms. The Hall–Kier alpha value is -3.33. The second-order valence-corrected chi connectivity index (χ2v) is 10.8. The van der Waals surface area contributed by atoms with Gasteiger partial charge in [0.1, 0.15) is 22.8 Å². The van der Waals surface area contributed by atoms with Gasteiger partial charge in [-0.25, -0.2) is 4.98 Å². The summed E-state index contributed by atoms with van der Waals surface area (Å²) < 4.78 is 9.33. The zero-order valence-corrected chi connectivity index (χ0v) is 21.2. The Morgan fingerprint density at radius 1 is 1.24 bits per heavy atom. The molecular weight excluding hydrogens is 448 g/mol. The highest BCUT2D eigenvalue weighted by Crippen LogP contribution is 2.39. The molecule has 0 saturated heterocycles. The van der Waals surface area contributed by atoms with E-state index in [0.29, 0.717) is 17.9 Å². The fourth-order valence-corrected chi connectivity index (χ4v) is 4.75. The highest BCUT2D eigenvalue weighted by molar-refractivity contribution is 8.00. The van der Waals surface area contributed by atoms with Crippen molar-refractivity contribution in [3.05, 3.63) is 60.3 Å². The number of imidazole rings is 1. The van der Waals surface area contributed by atoms with Gasteiger partial charge >= 0.3 is 0 Å². The highest BCUT2D eigenvalue weighted by Gasteiger charge is 2.22. The van der Waals surface area contributed by atoms with E-state index in [4.69, 9.17) is 9.84 Å². The van der Waals surface area contributed by atoms with Gasteiger partial charge in [0.2, 0.25) is 0 Å². The van der Waals surface area contributed by atoms with Crippen molar-refractivity contribution < 1.29 is 9.53 Å². The summed E-state index contributed by atoms with van der Waals surface area (Å²) in [6.07, 6.45) is 5.53. The number of aryl methyl sites for hydroxylation is 1. The van der Waals surface area contributed by atoms with E-state index in [0.717, 1.165) is 27.7 Å². The summed E-state index contributed by atoms with van der Waals surface area (Å²) in [7, 11) is 1.67. The summed E-state index contributed by atoms with van der Waals surface area (Å²) in [5.41, 5.74) is 3.55. The Kier molecular flexibility index (Phi) is 6.65. The van der Waals surface area contributed by atoms with Crippen LogP contribution >= 0.6 is 11.8 Å². The largest absolute Gasteiger partial charge is 0.495 e. The maximum absolute atomic E-state index is 13.1. The minimum atomic E-state index is -0.224. The van der Waals surface area contributed by atoms with Crippen molar-refractivity contribution in [3.63, 3.8) is 0 Å². The van der Waals surface area contributed by atoms with Crippen LogP contribution in [0, 0.1) is 0 Å². The van der Waals surface area contributed by atoms with Crippen molar-refractivity contribution >= 4 is 23.3 Å². The lowest BCUT2D eigenvalue weighted by molar-refractivity contribution is 0.0928. The number of aromatic nitrogens is 5. The van der Waals surface area contributed by atoms with Crippen LogP contribution in [0.2, 0.25) is 0 Å². The van der Waals surface area contributed by atoms with Crippen molar-refractivity contribution in [1.82, 2.24) is 29.5 Å². The van der Waals surface area contributed by atoms with E-state index in [1.54, 1.807) is 35.9 Å². The lowest BCUT2D eigenvalue weighted by atomic mass is 10.2. The number of rotatable bonds is 7. The van der Waals surface area contributed by atoms with Crippen molar-refractivity contribution in [3.8, 4) is 17.1 Å². The third-order valence-corrected chi connectivity index (χ3v) is 6.40. The minimum absolute atomic E-state index is 0.0149. The molecule has 8 nitrogen and oxygen atoms in total. The Morgan fingerprint density at radius 3 is 2.68 bits per heavy atom. The van der Waals surface area contributed by atoms with Crippen LogP contribution in [0.15, 0.2) is 53.8 Å². The molecular formula is C25H30N6O2S. The monoisotopic (exact) mass is 478 g/mol. The quantitative estimate of drug-likeness (QED) is 0.376. The summed E-state index contributed by atoms with van der Waals surface area (Å²) in [5.74, 6) is 0.588. The molecule has 9 heteroatoms. The van der Waals surface area contributed by atoms with E-state index in [1.165, 1.54) is 0 Å². The molecule has 0 aliphatic rings. The van der Waals surface area contributed by atoms with E-state index in [9.17, 15) is 4.79 Å². The minimum Gasteiger partial charge on any atom is -0.495 e. The highest BCUT2D eigenvalue weighted by atomic mass is 32.2. The number of methoxy groups -OCH3 is 1. The number of nitrogens with one attached hydrogen (secondary N) is 1. The first kappa shape index (κ1) is 23.8. The number of nitrogens with zero attached hydrogens (tertiary/aromatic N) is 5. The molecule has 0 fully saturated rings. The van der Waals surface area contributed by atoms with Crippen molar-refractivity contribution in [2.45, 2.75) is 56.8 Å². The summed E-state index contributed by atoms with van der Waals surface area (Å²) in [6.45, 7) is 10.9. The Balaban J connectivity index is 1.69. The van der Waals surface area contributed by atoms with Gasteiger partial charge in [-0.1, -0.05) is 26.8 Å². The number of carbonyl (C=O) groups excluding carboxylic acids is 1. The van der Waals surface area contributed by atoms with Gasteiger partial charge in [-0.05, 0) is 32.0 Å². The average Bonchev–Trinajstić information content (AvgIpc) is 3.41. The molecule has 0 unspecified atom stereocenters. The molecule has 0 aliphatic heterocycles. The van der Waals surface area contributed by atoms with Crippen LogP contribution in [0.5, 0.6) is 5.75 Å². The number of ether oxygens (including phenoxy) is 1. The van der Waals surface area contributed by atoms with E-state index in [2.05, 4.69) is 36.1 Å². The lowest BCUT2D eigenvalue weighted by Gasteiger charge is -2.19. The van der Waals surface area contributed by atoms with E-state index >= 15 is 0 Å². The van der Waals surface area contributed by atoms with Crippen LogP contribution in [0.1, 0.15) is 56.8 Å². The zero-order valence-electron chi connectivity index (χ0n) is 20.4. The summed E-state index contributed by atoms with van der Waals surface area (Å²) in [6, 6.07) is 9.18.